The van der Waals surface area contributed by atoms with Gasteiger partial charge < -0.3 is 10.0 Å². The van der Waals surface area contributed by atoms with Crippen molar-refractivity contribution in [2.24, 2.45) is 0 Å². The monoisotopic (exact) mass is 173 g/mol. The fourth-order valence-corrected chi connectivity index (χ4v) is 0.774. The molecule has 0 aliphatic carbocycles. The van der Waals surface area contributed by atoms with Crippen molar-refractivity contribution in [1.82, 2.24) is 4.98 Å². The van der Waals surface area contributed by atoms with Crippen LogP contribution in [0.4, 0.5) is 0 Å². The van der Waals surface area contributed by atoms with E-state index in [9.17, 15) is 0 Å². The normalized spacial score (nSPS) is 8.64. The third-order valence-corrected chi connectivity index (χ3v) is 1.34. The molecule has 5 heteroatoms. The first-order chi connectivity index (χ1) is 4.72. The highest BCUT2D eigenvalue weighted by molar-refractivity contribution is 6.59. The lowest BCUT2D eigenvalue weighted by atomic mass is 9.78. The van der Waals surface area contributed by atoms with Gasteiger partial charge in [-0.25, -0.2) is 0 Å². The van der Waals surface area contributed by atoms with Gasteiger partial charge in [-0.2, -0.15) is 0 Å². The fourth-order valence-electron chi connectivity index (χ4n) is 0.774. The maximum absolute atomic E-state index is 8.73. The summed E-state index contributed by atoms with van der Waals surface area (Å²) >= 11 is 0. The van der Waals surface area contributed by atoms with Crippen LogP contribution in [0.15, 0.2) is 18.5 Å². The Balaban J connectivity index is 0.000001000. The number of nitrogens with zero attached hydrogens (tertiary/aromatic N) is 1. The highest BCUT2D eigenvalue weighted by atomic mass is 35.5. The van der Waals surface area contributed by atoms with Crippen LogP contribution in [-0.4, -0.2) is 22.2 Å². The van der Waals surface area contributed by atoms with Crippen LogP contribution >= 0.6 is 12.4 Å². The standard InChI is InChI=1S/C6H8BNO2.ClH/c1-5-4-8-3-2-6(5)7(9)10;/h2-4,9-10H,1H3;1H. The Hall–Kier alpha value is -0.575. The number of hydrogen-bond acceptors (Lipinski definition) is 3. The molecule has 0 radical (unpaired) electrons. The molecule has 1 aromatic rings. The highest BCUT2D eigenvalue weighted by Gasteiger charge is 2.12. The molecule has 0 aliphatic rings. The fraction of sp³-hybridized carbons (Fsp3) is 0.167. The average molecular weight is 173 g/mol. The number of pyridine rings is 1. The minimum atomic E-state index is -1.39. The summed E-state index contributed by atoms with van der Waals surface area (Å²) in [6.45, 7) is 1.78. The summed E-state index contributed by atoms with van der Waals surface area (Å²) in [7, 11) is -1.39. The molecular formula is C6H9BClNO2. The van der Waals surface area contributed by atoms with Crippen molar-refractivity contribution in [3.05, 3.63) is 24.0 Å². The summed E-state index contributed by atoms with van der Waals surface area (Å²) in [5, 5.41) is 17.5. The van der Waals surface area contributed by atoms with E-state index >= 15 is 0 Å². The number of hydrogen-bond donors (Lipinski definition) is 2. The van der Waals surface area contributed by atoms with E-state index in [1.54, 1.807) is 19.2 Å². The number of halogens is 1. The largest absolute Gasteiger partial charge is 0.488 e. The Labute approximate surface area is 71.7 Å². The number of aryl methyl sites for hydroxylation is 1. The van der Waals surface area contributed by atoms with Gasteiger partial charge in [-0.1, -0.05) is 0 Å². The smallest absolute Gasteiger partial charge is 0.423 e. The third kappa shape index (κ3) is 2.50. The van der Waals surface area contributed by atoms with Gasteiger partial charge in [0.1, 0.15) is 0 Å². The molecule has 0 spiro atoms. The van der Waals surface area contributed by atoms with Gasteiger partial charge in [0.15, 0.2) is 0 Å². The molecule has 0 aromatic carbocycles. The van der Waals surface area contributed by atoms with Crippen molar-refractivity contribution in [3.8, 4) is 0 Å². The van der Waals surface area contributed by atoms with Gasteiger partial charge in [0.05, 0.1) is 0 Å². The molecule has 0 unspecified atom stereocenters. The Morgan fingerprint density at radius 1 is 1.45 bits per heavy atom. The molecule has 0 atom stereocenters. The minimum absolute atomic E-state index is 0. The molecule has 0 saturated carbocycles. The van der Waals surface area contributed by atoms with Gasteiger partial charge in [0.25, 0.3) is 0 Å². The quantitative estimate of drug-likeness (QED) is 0.563. The summed E-state index contributed by atoms with van der Waals surface area (Å²) < 4.78 is 0. The SMILES string of the molecule is Cc1cnccc1B(O)O.Cl. The van der Waals surface area contributed by atoms with Gasteiger partial charge in [-0.3, -0.25) is 4.98 Å². The lowest BCUT2D eigenvalue weighted by Crippen LogP contribution is -2.31. The van der Waals surface area contributed by atoms with E-state index in [-0.39, 0.29) is 12.4 Å². The molecule has 0 amide bonds. The van der Waals surface area contributed by atoms with Gasteiger partial charge >= 0.3 is 7.12 Å². The van der Waals surface area contributed by atoms with Crippen molar-refractivity contribution in [2.45, 2.75) is 6.92 Å². The van der Waals surface area contributed by atoms with E-state index in [1.807, 2.05) is 0 Å². The molecule has 0 aliphatic heterocycles. The van der Waals surface area contributed by atoms with E-state index < -0.39 is 7.12 Å². The van der Waals surface area contributed by atoms with E-state index in [1.165, 1.54) is 6.20 Å². The maximum atomic E-state index is 8.73. The van der Waals surface area contributed by atoms with Gasteiger partial charge in [0.2, 0.25) is 0 Å². The molecule has 0 fully saturated rings. The zero-order valence-electron chi connectivity index (χ0n) is 6.06. The molecular weight excluding hydrogens is 164 g/mol. The topological polar surface area (TPSA) is 53.4 Å². The molecule has 2 N–H and O–H groups in total. The van der Waals surface area contributed by atoms with Crippen LogP contribution in [0.3, 0.4) is 0 Å². The van der Waals surface area contributed by atoms with Crippen LogP contribution in [0.5, 0.6) is 0 Å². The second-order valence-corrected chi connectivity index (χ2v) is 2.11. The summed E-state index contributed by atoms with van der Waals surface area (Å²) in [6, 6.07) is 1.58. The lowest BCUT2D eigenvalue weighted by molar-refractivity contribution is 0.425. The van der Waals surface area contributed by atoms with Gasteiger partial charge in [-0.05, 0) is 24.0 Å². The van der Waals surface area contributed by atoms with Crippen molar-refractivity contribution in [3.63, 3.8) is 0 Å². The summed E-state index contributed by atoms with van der Waals surface area (Å²) in [4.78, 5) is 3.81. The molecule has 0 saturated heterocycles. The molecule has 3 nitrogen and oxygen atoms in total. The van der Waals surface area contributed by atoms with Crippen molar-refractivity contribution >= 4 is 25.0 Å². The van der Waals surface area contributed by atoms with Crippen LogP contribution in [0, 0.1) is 6.92 Å². The Kier molecular flexibility index (Phi) is 4.11. The molecule has 1 rings (SSSR count). The Morgan fingerprint density at radius 2 is 2.09 bits per heavy atom. The van der Waals surface area contributed by atoms with Gasteiger partial charge in [-0.15, -0.1) is 12.4 Å². The minimum Gasteiger partial charge on any atom is -0.423 e. The second-order valence-electron chi connectivity index (χ2n) is 2.11. The zero-order valence-corrected chi connectivity index (χ0v) is 6.88. The van der Waals surface area contributed by atoms with Crippen molar-refractivity contribution in [1.29, 1.82) is 0 Å². The number of rotatable bonds is 1. The van der Waals surface area contributed by atoms with E-state index in [2.05, 4.69) is 4.98 Å². The Bertz CT molecular complexity index is 232. The molecule has 1 aromatic heterocycles. The maximum Gasteiger partial charge on any atom is 0.488 e. The van der Waals surface area contributed by atoms with Crippen LogP contribution in [0.2, 0.25) is 0 Å². The van der Waals surface area contributed by atoms with E-state index in [0.29, 0.717) is 5.46 Å². The molecule has 0 bridgehead atoms. The first-order valence-electron chi connectivity index (χ1n) is 2.98. The molecule has 11 heavy (non-hydrogen) atoms. The first kappa shape index (κ1) is 10.4. The van der Waals surface area contributed by atoms with Crippen LogP contribution in [0.25, 0.3) is 0 Å². The Morgan fingerprint density at radius 3 is 2.45 bits per heavy atom. The summed E-state index contributed by atoms with van der Waals surface area (Å²) in [6.07, 6.45) is 3.12. The average Bonchev–Trinajstić information content (AvgIpc) is 1.88. The van der Waals surface area contributed by atoms with E-state index in [0.717, 1.165) is 5.56 Å². The highest BCUT2D eigenvalue weighted by Crippen LogP contribution is 1.89. The van der Waals surface area contributed by atoms with Crippen LogP contribution in [0.1, 0.15) is 5.56 Å². The summed E-state index contributed by atoms with van der Waals surface area (Å²) in [5.41, 5.74) is 1.30. The van der Waals surface area contributed by atoms with Gasteiger partial charge in [0, 0.05) is 12.4 Å². The predicted molar refractivity (Wildman–Crippen MR) is 46.0 cm³/mol. The van der Waals surface area contributed by atoms with Crippen LogP contribution < -0.4 is 5.46 Å². The zero-order chi connectivity index (χ0) is 7.56. The first-order valence-corrected chi connectivity index (χ1v) is 2.98. The molecule has 1 heterocycles. The predicted octanol–water partition coefficient (Wildman–Crippen LogP) is -0.508. The number of aromatic nitrogens is 1. The van der Waals surface area contributed by atoms with E-state index in [4.69, 9.17) is 10.0 Å². The van der Waals surface area contributed by atoms with Crippen molar-refractivity contribution < 1.29 is 10.0 Å². The second kappa shape index (κ2) is 4.33. The molecule has 60 valence electrons. The summed E-state index contributed by atoms with van der Waals surface area (Å²) in [5.74, 6) is 0. The third-order valence-electron chi connectivity index (χ3n) is 1.34. The lowest BCUT2D eigenvalue weighted by Gasteiger charge is -2.00. The van der Waals surface area contributed by atoms with Crippen LogP contribution in [-0.2, 0) is 0 Å². The van der Waals surface area contributed by atoms with Crippen molar-refractivity contribution in [2.75, 3.05) is 0 Å².